The summed E-state index contributed by atoms with van der Waals surface area (Å²) in [6.07, 6.45) is 6.99. The Morgan fingerprint density at radius 2 is 1.76 bits per heavy atom. The Morgan fingerprint density at radius 3 is 2.35 bits per heavy atom. The van der Waals surface area contributed by atoms with E-state index in [9.17, 15) is 9.59 Å². The highest BCUT2D eigenvalue weighted by Crippen LogP contribution is 2.42. The second kappa shape index (κ2) is 10.8. The first-order chi connectivity index (χ1) is 16.3. The summed E-state index contributed by atoms with van der Waals surface area (Å²) in [5, 5.41) is 0. The van der Waals surface area contributed by atoms with Crippen molar-refractivity contribution >= 4 is 28.9 Å². The molecule has 1 aliphatic heterocycles. The van der Waals surface area contributed by atoms with E-state index in [4.69, 9.17) is 14.2 Å². The summed E-state index contributed by atoms with van der Waals surface area (Å²) in [5.41, 5.74) is 0.655. The third-order valence-corrected chi connectivity index (χ3v) is 8.34. The number of amides is 1. The molecule has 0 N–H and O–H groups in total. The maximum absolute atomic E-state index is 14.0. The minimum absolute atomic E-state index is 0.00538. The summed E-state index contributed by atoms with van der Waals surface area (Å²) < 4.78 is 17.0. The van der Waals surface area contributed by atoms with Gasteiger partial charge in [-0.15, -0.1) is 11.3 Å². The lowest BCUT2D eigenvalue weighted by Gasteiger charge is -2.42. The second-order valence-corrected chi connectivity index (χ2v) is 11.3. The van der Waals surface area contributed by atoms with Crippen LogP contribution in [0.2, 0.25) is 0 Å². The summed E-state index contributed by atoms with van der Waals surface area (Å²) in [6, 6.07) is 1.91. The number of hydrogen-bond acceptors (Lipinski definition) is 6. The minimum atomic E-state index is -0.501. The Hall–Kier alpha value is -1.88. The van der Waals surface area contributed by atoms with Crippen molar-refractivity contribution in [3.63, 3.8) is 0 Å². The molecule has 7 heteroatoms. The number of anilines is 1. The van der Waals surface area contributed by atoms with Gasteiger partial charge in [-0.1, -0.05) is 32.6 Å². The predicted octanol–water partition coefficient (Wildman–Crippen LogP) is 5.39. The fourth-order valence-electron chi connectivity index (χ4n) is 5.36. The number of esters is 1. The Bertz CT molecular complexity index is 934. The molecule has 4 rings (SSSR count). The van der Waals surface area contributed by atoms with Crippen molar-refractivity contribution < 1.29 is 23.8 Å². The standard InChI is InChI=1S/C27H37NO5S/c1-18(2)5-10-22-17-23(24(34-22)26(30)31-4)28(25(29)20-8-6-19(3)7-9-20)21-11-13-27(14-12-21)32-15-16-33-27/h17-21H,6-9,11-16H2,1-4H3/t19-,20-. The summed E-state index contributed by atoms with van der Waals surface area (Å²) in [5.74, 6) is 6.45. The molecule has 0 unspecified atom stereocenters. The SMILES string of the molecule is COC(=O)c1sc(C#CC(C)C)cc1N(C(=O)[C@H]1CC[C@H](C)CC1)C1CCC2(CC1)OCCO2. The van der Waals surface area contributed by atoms with Gasteiger partial charge in [-0.05, 0) is 50.5 Å². The highest BCUT2D eigenvalue weighted by atomic mass is 32.1. The number of hydrogen-bond donors (Lipinski definition) is 0. The van der Waals surface area contributed by atoms with Crippen LogP contribution in [0.25, 0.3) is 0 Å². The van der Waals surface area contributed by atoms with Crippen molar-refractivity contribution in [1.82, 2.24) is 0 Å². The lowest BCUT2D eigenvalue weighted by Crippen LogP contribution is -2.49. The van der Waals surface area contributed by atoms with Gasteiger partial charge in [0.05, 0.1) is 30.9 Å². The zero-order valence-corrected chi connectivity index (χ0v) is 21.7. The first kappa shape index (κ1) is 25.2. The molecule has 0 bridgehead atoms. The quantitative estimate of drug-likeness (QED) is 0.421. The smallest absolute Gasteiger partial charge is 0.350 e. The van der Waals surface area contributed by atoms with Gasteiger partial charge >= 0.3 is 5.97 Å². The number of carbonyl (C=O) groups is 2. The van der Waals surface area contributed by atoms with Crippen molar-refractivity contribution in [2.45, 2.75) is 84.0 Å². The molecule has 2 saturated carbocycles. The molecule has 3 aliphatic rings. The van der Waals surface area contributed by atoms with Gasteiger partial charge < -0.3 is 19.1 Å². The lowest BCUT2D eigenvalue weighted by molar-refractivity contribution is -0.179. The Labute approximate surface area is 207 Å². The fourth-order valence-corrected chi connectivity index (χ4v) is 6.29. The molecule has 0 atom stereocenters. The van der Waals surface area contributed by atoms with Crippen LogP contribution in [-0.2, 0) is 19.0 Å². The molecule has 1 aromatic heterocycles. The number of thiophene rings is 1. The molecule has 2 heterocycles. The van der Waals surface area contributed by atoms with Crippen molar-refractivity contribution in [3.05, 3.63) is 15.8 Å². The molecule has 1 saturated heterocycles. The molecule has 6 nitrogen and oxygen atoms in total. The van der Waals surface area contributed by atoms with Crippen LogP contribution in [0.4, 0.5) is 5.69 Å². The van der Waals surface area contributed by atoms with Gasteiger partial charge in [0.2, 0.25) is 5.91 Å². The van der Waals surface area contributed by atoms with Crippen LogP contribution in [-0.4, -0.2) is 44.0 Å². The first-order valence-electron chi connectivity index (χ1n) is 12.7. The average Bonchev–Trinajstić information content (AvgIpc) is 3.46. The van der Waals surface area contributed by atoms with E-state index in [1.807, 2.05) is 24.8 Å². The highest BCUT2D eigenvalue weighted by molar-refractivity contribution is 7.15. The molecule has 0 radical (unpaired) electrons. The highest BCUT2D eigenvalue weighted by Gasteiger charge is 2.44. The fraction of sp³-hybridized carbons (Fsp3) is 0.704. The molecule has 1 amide bonds. The van der Waals surface area contributed by atoms with E-state index < -0.39 is 11.8 Å². The third kappa shape index (κ3) is 5.50. The number of ether oxygens (including phenoxy) is 3. The van der Waals surface area contributed by atoms with E-state index >= 15 is 0 Å². The number of carbonyl (C=O) groups excluding carboxylic acids is 2. The van der Waals surface area contributed by atoms with Crippen molar-refractivity contribution in [3.8, 4) is 11.8 Å². The van der Waals surface area contributed by atoms with Crippen LogP contribution < -0.4 is 4.90 Å². The van der Waals surface area contributed by atoms with Crippen molar-refractivity contribution in [2.75, 3.05) is 25.2 Å². The van der Waals surface area contributed by atoms with E-state index in [1.165, 1.54) is 18.4 Å². The van der Waals surface area contributed by atoms with Crippen LogP contribution in [0.1, 0.15) is 86.7 Å². The molecule has 1 spiro atoms. The zero-order valence-electron chi connectivity index (χ0n) is 20.9. The van der Waals surface area contributed by atoms with Gasteiger partial charge in [0.15, 0.2) is 5.79 Å². The molecule has 186 valence electrons. The van der Waals surface area contributed by atoms with E-state index in [0.29, 0.717) is 29.7 Å². The van der Waals surface area contributed by atoms with E-state index in [0.717, 1.165) is 56.2 Å². The Morgan fingerprint density at radius 1 is 1.12 bits per heavy atom. The van der Waals surface area contributed by atoms with Crippen LogP contribution in [0.15, 0.2) is 6.07 Å². The minimum Gasteiger partial charge on any atom is -0.465 e. The van der Waals surface area contributed by atoms with Gasteiger partial charge in [0, 0.05) is 30.7 Å². The van der Waals surface area contributed by atoms with Crippen LogP contribution in [0.5, 0.6) is 0 Å². The van der Waals surface area contributed by atoms with Gasteiger partial charge in [0.1, 0.15) is 4.88 Å². The number of methoxy groups -OCH3 is 1. The summed E-state index contributed by atoms with van der Waals surface area (Å²) in [4.78, 5) is 30.0. The van der Waals surface area contributed by atoms with Gasteiger partial charge in [-0.2, -0.15) is 0 Å². The largest absolute Gasteiger partial charge is 0.465 e. The first-order valence-corrected chi connectivity index (χ1v) is 13.5. The van der Waals surface area contributed by atoms with Crippen LogP contribution in [0, 0.1) is 29.6 Å². The molecule has 2 aliphatic carbocycles. The van der Waals surface area contributed by atoms with Crippen molar-refractivity contribution in [2.24, 2.45) is 17.8 Å². The second-order valence-electron chi connectivity index (χ2n) is 10.2. The maximum Gasteiger partial charge on any atom is 0.350 e. The summed E-state index contributed by atoms with van der Waals surface area (Å²) in [7, 11) is 1.39. The molecular weight excluding hydrogens is 450 g/mol. The van der Waals surface area contributed by atoms with Gasteiger partial charge in [-0.25, -0.2) is 4.79 Å². The Balaban J connectivity index is 1.68. The molecule has 3 fully saturated rings. The van der Waals surface area contributed by atoms with E-state index in [1.54, 1.807) is 0 Å². The molecule has 34 heavy (non-hydrogen) atoms. The lowest BCUT2D eigenvalue weighted by atomic mass is 9.81. The normalized spacial score (nSPS) is 24.6. The monoisotopic (exact) mass is 487 g/mol. The Kier molecular flexibility index (Phi) is 8.01. The van der Waals surface area contributed by atoms with Crippen LogP contribution >= 0.6 is 11.3 Å². The predicted molar refractivity (Wildman–Crippen MR) is 133 cm³/mol. The topological polar surface area (TPSA) is 65.1 Å². The number of rotatable bonds is 4. The summed E-state index contributed by atoms with van der Waals surface area (Å²) >= 11 is 1.32. The number of nitrogens with zero attached hydrogens (tertiary/aromatic N) is 1. The van der Waals surface area contributed by atoms with E-state index in [2.05, 4.69) is 18.8 Å². The summed E-state index contributed by atoms with van der Waals surface area (Å²) in [6.45, 7) is 7.58. The molecule has 1 aromatic rings. The van der Waals surface area contributed by atoms with Crippen molar-refractivity contribution in [1.29, 1.82) is 0 Å². The van der Waals surface area contributed by atoms with E-state index in [-0.39, 0.29) is 23.8 Å². The zero-order chi connectivity index (χ0) is 24.3. The average molecular weight is 488 g/mol. The molecule has 0 aromatic carbocycles. The van der Waals surface area contributed by atoms with Crippen LogP contribution in [0.3, 0.4) is 0 Å². The molecular formula is C27H37NO5S. The van der Waals surface area contributed by atoms with Gasteiger partial charge in [0.25, 0.3) is 0 Å². The maximum atomic E-state index is 14.0. The van der Waals surface area contributed by atoms with Gasteiger partial charge in [-0.3, -0.25) is 4.79 Å². The third-order valence-electron chi connectivity index (χ3n) is 7.33.